The summed E-state index contributed by atoms with van der Waals surface area (Å²) >= 11 is 0. The highest BCUT2D eigenvalue weighted by atomic mass is 19.3. The summed E-state index contributed by atoms with van der Waals surface area (Å²) in [5.74, 6) is -1.93. The summed E-state index contributed by atoms with van der Waals surface area (Å²) < 4.78 is 51.3. The van der Waals surface area contributed by atoms with Gasteiger partial charge in [0.1, 0.15) is 5.69 Å². The zero-order chi connectivity index (χ0) is 18.4. The monoisotopic (exact) mass is 365 g/mol. The number of hydrogen-bond acceptors (Lipinski definition) is 6. The molecule has 1 saturated carbocycles. The van der Waals surface area contributed by atoms with Crippen molar-refractivity contribution in [2.45, 2.75) is 18.8 Å². The summed E-state index contributed by atoms with van der Waals surface area (Å²) in [7, 11) is 2.85. The molecule has 0 spiro atoms. The maximum Gasteiger partial charge on any atom is 0.319 e. The number of methoxy groups -OCH3 is 2. The molecule has 136 valence electrons. The van der Waals surface area contributed by atoms with Gasteiger partial charge in [-0.3, -0.25) is 0 Å². The van der Waals surface area contributed by atoms with Crippen molar-refractivity contribution in [2.75, 3.05) is 14.2 Å². The molecule has 0 unspecified atom stereocenters. The molecule has 0 radical (unpaired) electrons. The number of alkyl halides is 2. The van der Waals surface area contributed by atoms with Crippen LogP contribution >= 0.6 is 0 Å². The Hall–Kier alpha value is -2.91. The van der Waals surface area contributed by atoms with Crippen LogP contribution in [0.25, 0.3) is 16.9 Å². The standard InChI is InChI=1S/C16H14F3N5O2/c1-25-15-9(6-20-16(22-15)26-2)10-3-4-11-21-12(14(19)24(11)23-10)7-5-8(7)13(17)18/h3-4,6-8,13H,5H2,1-2H3/t7-,8-/m0/s1. The van der Waals surface area contributed by atoms with Gasteiger partial charge in [0, 0.05) is 18.0 Å². The Balaban J connectivity index is 1.76. The second kappa shape index (κ2) is 6.11. The van der Waals surface area contributed by atoms with Crippen LogP contribution in [-0.4, -0.2) is 45.2 Å². The predicted octanol–water partition coefficient (Wildman–Crippen LogP) is 2.71. The number of fused-ring (bicyclic) bond motifs is 1. The molecule has 3 aromatic rings. The molecule has 0 saturated heterocycles. The van der Waals surface area contributed by atoms with Crippen molar-refractivity contribution in [3.63, 3.8) is 0 Å². The van der Waals surface area contributed by atoms with Crippen LogP contribution < -0.4 is 9.47 Å². The number of ether oxygens (including phenoxy) is 2. The highest BCUT2D eigenvalue weighted by Crippen LogP contribution is 2.51. The van der Waals surface area contributed by atoms with Crippen molar-refractivity contribution in [1.29, 1.82) is 0 Å². The molecule has 1 aliphatic rings. The van der Waals surface area contributed by atoms with Gasteiger partial charge >= 0.3 is 6.01 Å². The molecule has 0 bridgehead atoms. The van der Waals surface area contributed by atoms with Gasteiger partial charge in [0.15, 0.2) is 5.65 Å². The van der Waals surface area contributed by atoms with E-state index in [2.05, 4.69) is 20.1 Å². The number of halogens is 3. The molecule has 0 amide bonds. The fourth-order valence-electron chi connectivity index (χ4n) is 2.89. The third-order valence-electron chi connectivity index (χ3n) is 4.35. The Labute approximate surface area is 145 Å². The smallest absolute Gasteiger partial charge is 0.319 e. The highest BCUT2D eigenvalue weighted by Gasteiger charge is 2.48. The van der Waals surface area contributed by atoms with Crippen molar-refractivity contribution in [3.8, 4) is 23.1 Å². The van der Waals surface area contributed by atoms with Crippen molar-refractivity contribution < 1.29 is 22.6 Å². The van der Waals surface area contributed by atoms with Crippen molar-refractivity contribution in [1.82, 2.24) is 24.6 Å². The predicted molar refractivity (Wildman–Crippen MR) is 83.9 cm³/mol. The molecule has 0 N–H and O–H groups in total. The maximum atomic E-state index is 14.7. The summed E-state index contributed by atoms with van der Waals surface area (Å²) in [5.41, 5.74) is 1.05. The SMILES string of the molecule is COc1ncc(-c2ccc3nc([C@H]4C[C@@H]4C(F)F)c(F)n3n2)c(OC)n1. The summed E-state index contributed by atoms with van der Waals surface area (Å²) in [4.78, 5) is 12.2. The van der Waals surface area contributed by atoms with Gasteiger partial charge in [0.2, 0.25) is 18.3 Å². The Morgan fingerprint density at radius 3 is 2.65 bits per heavy atom. The van der Waals surface area contributed by atoms with Crippen molar-refractivity contribution in [3.05, 3.63) is 30.0 Å². The van der Waals surface area contributed by atoms with Crippen LogP contribution in [0.15, 0.2) is 18.3 Å². The first kappa shape index (κ1) is 16.6. The van der Waals surface area contributed by atoms with E-state index in [0.29, 0.717) is 11.3 Å². The minimum atomic E-state index is -2.48. The minimum absolute atomic E-state index is 0.0258. The molecule has 3 heterocycles. The lowest BCUT2D eigenvalue weighted by atomic mass is 10.2. The van der Waals surface area contributed by atoms with Crippen LogP contribution in [0.5, 0.6) is 11.9 Å². The number of hydrogen-bond donors (Lipinski definition) is 0. The number of rotatable bonds is 5. The topological polar surface area (TPSA) is 74.4 Å². The molecule has 1 fully saturated rings. The molecule has 0 aromatic carbocycles. The van der Waals surface area contributed by atoms with E-state index in [1.54, 1.807) is 12.1 Å². The van der Waals surface area contributed by atoms with Gasteiger partial charge in [-0.15, -0.1) is 0 Å². The molecule has 7 nitrogen and oxygen atoms in total. The van der Waals surface area contributed by atoms with E-state index in [9.17, 15) is 13.2 Å². The average Bonchev–Trinajstić information content (AvgIpc) is 3.39. The normalized spacial score (nSPS) is 19.2. The molecule has 3 aromatic heterocycles. The van der Waals surface area contributed by atoms with E-state index in [1.807, 2.05) is 0 Å². The number of nitrogens with zero attached hydrogens (tertiary/aromatic N) is 5. The number of imidazole rings is 1. The molecule has 2 atom stereocenters. The molecule has 4 rings (SSSR count). The minimum Gasteiger partial charge on any atom is -0.480 e. The average molecular weight is 365 g/mol. The lowest BCUT2D eigenvalue weighted by Gasteiger charge is -2.07. The van der Waals surface area contributed by atoms with Gasteiger partial charge in [0.25, 0.3) is 0 Å². The quantitative estimate of drug-likeness (QED) is 0.692. The fraction of sp³-hybridized carbons (Fsp3) is 0.375. The number of aromatic nitrogens is 5. The van der Waals surface area contributed by atoms with Crippen LogP contribution in [-0.2, 0) is 0 Å². The van der Waals surface area contributed by atoms with Crippen LogP contribution in [0.2, 0.25) is 0 Å². The Bertz CT molecular complexity index is 978. The molecular formula is C16H14F3N5O2. The first-order valence-electron chi connectivity index (χ1n) is 7.82. The third kappa shape index (κ3) is 2.61. The van der Waals surface area contributed by atoms with Gasteiger partial charge in [-0.2, -0.15) is 19.0 Å². The van der Waals surface area contributed by atoms with Crippen LogP contribution in [0.4, 0.5) is 13.2 Å². The molecular weight excluding hydrogens is 351 g/mol. The van der Waals surface area contributed by atoms with E-state index in [4.69, 9.17) is 9.47 Å². The molecule has 10 heteroatoms. The van der Waals surface area contributed by atoms with E-state index in [1.165, 1.54) is 20.4 Å². The van der Waals surface area contributed by atoms with Crippen LogP contribution in [0.3, 0.4) is 0 Å². The highest BCUT2D eigenvalue weighted by molar-refractivity contribution is 5.65. The Morgan fingerprint density at radius 1 is 1.19 bits per heavy atom. The van der Waals surface area contributed by atoms with E-state index in [0.717, 1.165) is 4.52 Å². The zero-order valence-electron chi connectivity index (χ0n) is 13.9. The van der Waals surface area contributed by atoms with Crippen LogP contribution in [0, 0.1) is 11.9 Å². The molecule has 1 aliphatic carbocycles. The van der Waals surface area contributed by atoms with Crippen LogP contribution in [0.1, 0.15) is 18.0 Å². The largest absolute Gasteiger partial charge is 0.480 e. The van der Waals surface area contributed by atoms with E-state index < -0.39 is 24.2 Å². The molecule has 26 heavy (non-hydrogen) atoms. The summed E-state index contributed by atoms with van der Waals surface area (Å²) in [6.45, 7) is 0. The van der Waals surface area contributed by atoms with E-state index in [-0.39, 0.29) is 29.7 Å². The lowest BCUT2D eigenvalue weighted by Crippen LogP contribution is -2.02. The first-order valence-corrected chi connectivity index (χ1v) is 7.82. The summed E-state index contributed by atoms with van der Waals surface area (Å²) in [6, 6.07) is 3.28. The van der Waals surface area contributed by atoms with Gasteiger partial charge in [0.05, 0.1) is 25.5 Å². The van der Waals surface area contributed by atoms with Gasteiger partial charge in [-0.1, -0.05) is 0 Å². The second-order valence-corrected chi connectivity index (χ2v) is 5.90. The maximum absolute atomic E-state index is 14.7. The Kier molecular flexibility index (Phi) is 3.89. The van der Waals surface area contributed by atoms with Crippen molar-refractivity contribution >= 4 is 5.65 Å². The first-order chi connectivity index (χ1) is 12.5. The van der Waals surface area contributed by atoms with Crippen molar-refractivity contribution in [2.24, 2.45) is 5.92 Å². The third-order valence-corrected chi connectivity index (χ3v) is 4.35. The second-order valence-electron chi connectivity index (χ2n) is 5.90. The lowest BCUT2D eigenvalue weighted by molar-refractivity contribution is 0.120. The van der Waals surface area contributed by atoms with E-state index >= 15 is 0 Å². The van der Waals surface area contributed by atoms with Gasteiger partial charge in [-0.25, -0.2) is 18.7 Å². The molecule has 0 aliphatic heterocycles. The van der Waals surface area contributed by atoms with Gasteiger partial charge < -0.3 is 9.47 Å². The summed E-state index contributed by atoms with van der Waals surface area (Å²) in [5, 5.41) is 4.20. The zero-order valence-corrected chi connectivity index (χ0v) is 13.9. The summed E-state index contributed by atoms with van der Waals surface area (Å²) in [6.07, 6.45) is -0.804. The Morgan fingerprint density at radius 2 is 2.00 bits per heavy atom. The fourth-order valence-corrected chi connectivity index (χ4v) is 2.89. The van der Waals surface area contributed by atoms with Gasteiger partial charge in [-0.05, 0) is 18.6 Å².